The zero-order valence-corrected chi connectivity index (χ0v) is 19.5. The van der Waals surface area contributed by atoms with Gasteiger partial charge >= 0.3 is 0 Å². The molecule has 1 spiro atoms. The number of nitrogens with zero attached hydrogens (tertiary/aromatic N) is 2. The highest BCUT2D eigenvalue weighted by atomic mass is 16.2. The van der Waals surface area contributed by atoms with E-state index in [4.69, 9.17) is 5.10 Å². The van der Waals surface area contributed by atoms with Gasteiger partial charge in [-0.1, -0.05) is 91.0 Å². The largest absolute Gasteiger partial charge is 0.293 e. The summed E-state index contributed by atoms with van der Waals surface area (Å²) in [6, 6.07) is 29.0. The number of allylic oxidation sites excluding steroid dienone is 3. The second-order valence-electron chi connectivity index (χ2n) is 9.61. The Morgan fingerprint density at radius 2 is 1.18 bits per heavy atom. The average Bonchev–Trinajstić information content (AvgIpc) is 3.16. The minimum absolute atomic E-state index is 0.271. The van der Waals surface area contributed by atoms with E-state index >= 15 is 0 Å². The minimum Gasteiger partial charge on any atom is -0.293 e. The van der Waals surface area contributed by atoms with Crippen LogP contribution in [0, 0.1) is 5.41 Å². The van der Waals surface area contributed by atoms with Crippen LogP contribution in [0.15, 0.2) is 108 Å². The number of carbonyl (C=O) groups excluding carboxylic acids is 2. The maximum absolute atomic E-state index is 14.3. The zero-order valence-electron chi connectivity index (χ0n) is 19.5. The lowest BCUT2D eigenvalue weighted by Crippen LogP contribution is -2.51. The lowest BCUT2D eigenvalue weighted by molar-refractivity contribution is -0.142. The molecule has 4 nitrogen and oxygen atoms in total. The van der Waals surface area contributed by atoms with Gasteiger partial charge in [-0.2, -0.15) is 5.10 Å². The van der Waals surface area contributed by atoms with E-state index in [1.54, 1.807) is 6.08 Å². The molecule has 0 saturated heterocycles. The van der Waals surface area contributed by atoms with E-state index in [9.17, 15) is 9.59 Å². The summed E-state index contributed by atoms with van der Waals surface area (Å²) in [4.78, 5) is 28.5. The molecule has 3 aromatic rings. The van der Waals surface area contributed by atoms with Gasteiger partial charge in [0.2, 0.25) is 0 Å². The van der Waals surface area contributed by atoms with Gasteiger partial charge in [-0.25, -0.2) is 5.01 Å². The first-order chi connectivity index (χ1) is 16.3. The third kappa shape index (κ3) is 3.34. The average molecular weight is 447 g/mol. The van der Waals surface area contributed by atoms with Gasteiger partial charge in [0.1, 0.15) is 0 Å². The summed E-state index contributed by atoms with van der Waals surface area (Å²) >= 11 is 0. The van der Waals surface area contributed by atoms with E-state index in [0.717, 1.165) is 22.3 Å². The smallest absolute Gasteiger partial charge is 0.268 e. The first-order valence-corrected chi connectivity index (χ1v) is 11.4. The summed E-state index contributed by atoms with van der Waals surface area (Å²) in [6.45, 7) is 5.79. The van der Waals surface area contributed by atoms with Gasteiger partial charge in [-0.15, -0.1) is 0 Å². The van der Waals surface area contributed by atoms with Crippen molar-refractivity contribution in [3.63, 3.8) is 0 Å². The third-order valence-electron chi connectivity index (χ3n) is 6.30. The van der Waals surface area contributed by atoms with Crippen molar-refractivity contribution in [1.29, 1.82) is 0 Å². The normalized spacial score (nSPS) is 20.3. The highest BCUT2D eigenvalue weighted by Crippen LogP contribution is 2.50. The van der Waals surface area contributed by atoms with E-state index < -0.39 is 11.0 Å². The maximum Gasteiger partial charge on any atom is 0.268 e. The van der Waals surface area contributed by atoms with Crippen molar-refractivity contribution in [3.05, 3.63) is 120 Å². The summed E-state index contributed by atoms with van der Waals surface area (Å²) in [7, 11) is 0. The van der Waals surface area contributed by atoms with E-state index in [0.29, 0.717) is 11.3 Å². The van der Waals surface area contributed by atoms with Crippen molar-refractivity contribution in [2.24, 2.45) is 10.5 Å². The number of amides is 1. The Bertz CT molecular complexity index is 1350. The SMILES string of the molecule is CC(C)(C)N1N=C(c2ccccc2)[C@@]2(C(=O)C=C(c3ccccc3)C=C2c2ccccc2)C1=O. The molecule has 1 aliphatic carbocycles. The second-order valence-corrected chi connectivity index (χ2v) is 9.61. The van der Waals surface area contributed by atoms with Crippen molar-refractivity contribution in [2.45, 2.75) is 26.3 Å². The lowest BCUT2D eigenvalue weighted by Gasteiger charge is -2.35. The molecule has 0 radical (unpaired) electrons. The fourth-order valence-corrected chi connectivity index (χ4v) is 4.67. The molecule has 1 amide bonds. The van der Waals surface area contributed by atoms with Crippen LogP contribution in [0.1, 0.15) is 37.5 Å². The molecule has 0 bridgehead atoms. The van der Waals surface area contributed by atoms with Crippen molar-refractivity contribution < 1.29 is 9.59 Å². The number of hydrogen-bond donors (Lipinski definition) is 0. The molecule has 0 N–H and O–H groups in total. The van der Waals surface area contributed by atoms with Crippen molar-refractivity contribution in [2.75, 3.05) is 0 Å². The van der Waals surface area contributed by atoms with Gasteiger partial charge in [-0.05, 0) is 60.8 Å². The minimum atomic E-state index is -1.55. The van der Waals surface area contributed by atoms with E-state index in [-0.39, 0.29) is 11.7 Å². The van der Waals surface area contributed by atoms with Crippen LogP contribution in [-0.2, 0) is 9.59 Å². The molecular weight excluding hydrogens is 420 g/mol. The number of rotatable bonds is 3. The molecule has 3 aromatic carbocycles. The highest BCUT2D eigenvalue weighted by Gasteiger charge is 2.61. The van der Waals surface area contributed by atoms with Crippen LogP contribution < -0.4 is 0 Å². The number of ketones is 1. The van der Waals surface area contributed by atoms with Gasteiger partial charge in [0.05, 0.1) is 11.3 Å². The van der Waals surface area contributed by atoms with Crippen LogP contribution in [-0.4, -0.2) is 27.9 Å². The van der Waals surface area contributed by atoms with Gasteiger partial charge < -0.3 is 0 Å². The molecule has 34 heavy (non-hydrogen) atoms. The van der Waals surface area contributed by atoms with Gasteiger partial charge in [0, 0.05) is 0 Å². The van der Waals surface area contributed by atoms with Crippen LogP contribution in [0.4, 0.5) is 0 Å². The summed E-state index contributed by atoms with van der Waals surface area (Å²) in [5, 5.41) is 6.30. The molecule has 0 saturated carbocycles. The standard InChI is InChI=1S/C30H26N2O2/c1-29(2,3)32-28(34)30(27(31-32)23-17-11-6-12-18-23)25(22-15-9-5-10-16-22)19-24(20-26(30)33)21-13-7-4-8-14-21/h4-20H,1-3H3/t30-/m1/s1. The molecule has 1 atom stereocenters. The van der Waals surface area contributed by atoms with Crippen LogP contribution in [0.5, 0.6) is 0 Å². The number of benzene rings is 3. The molecular formula is C30H26N2O2. The third-order valence-corrected chi connectivity index (χ3v) is 6.30. The van der Waals surface area contributed by atoms with E-state index in [1.807, 2.05) is 118 Å². The first kappa shape index (κ1) is 21.8. The van der Waals surface area contributed by atoms with Crippen LogP contribution in [0.2, 0.25) is 0 Å². The van der Waals surface area contributed by atoms with Crippen LogP contribution >= 0.6 is 0 Å². The fraction of sp³-hybridized carbons (Fsp3) is 0.167. The molecule has 168 valence electrons. The molecule has 5 rings (SSSR count). The second kappa shape index (κ2) is 8.07. The Kier molecular flexibility index (Phi) is 5.17. The Balaban J connectivity index is 1.81. The van der Waals surface area contributed by atoms with Gasteiger partial charge in [0.15, 0.2) is 11.2 Å². The highest BCUT2D eigenvalue weighted by molar-refractivity contribution is 6.43. The summed E-state index contributed by atoms with van der Waals surface area (Å²) in [5.74, 6) is -0.589. The van der Waals surface area contributed by atoms with Crippen LogP contribution in [0.25, 0.3) is 11.1 Å². The molecule has 1 heterocycles. The zero-order chi connectivity index (χ0) is 23.9. The maximum atomic E-state index is 14.3. The van der Waals surface area contributed by atoms with E-state index in [1.165, 1.54) is 5.01 Å². The Morgan fingerprint density at radius 3 is 1.71 bits per heavy atom. The Morgan fingerprint density at radius 1 is 0.676 bits per heavy atom. The summed E-state index contributed by atoms with van der Waals surface area (Å²) in [5.41, 5.74) is 2.27. The van der Waals surface area contributed by atoms with Crippen molar-refractivity contribution in [3.8, 4) is 0 Å². The molecule has 0 fully saturated rings. The molecule has 0 aromatic heterocycles. The molecule has 4 heteroatoms. The number of hydrogen-bond acceptors (Lipinski definition) is 3. The first-order valence-electron chi connectivity index (χ1n) is 11.4. The predicted molar refractivity (Wildman–Crippen MR) is 136 cm³/mol. The summed E-state index contributed by atoms with van der Waals surface area (Å²) in [6.07, 6.45) is 3.58. The molecule has 2 aliphatic rings. The van der Waals surface area contributed by atoms with Gasteiger partial charge in [-0.3, -0.25) is 9.59 Å². The quantitative estimate of drug-likeness (QED) is 0.480. The van der Waals surface area contributed by atoms with Crippen LogP contribution in [0.3, 0.4) is 0 Å². The molecule has 0 unspecified atom stereocenters. The van der Waals surface area contributed by atoms with Gasteiger partial charge in [0.25, 0.3) is 5.91 Å². The predicted octanol–water partition coefficient (Wildman–Crippen LogP) is 5.77. The van der Waals surface area contributed by atoms with Crippen molar-refractivity contribution in [1.82, 2.24) is 5.01 Å². The fourth-order valence-electron chi connectivity index (χ4n) is 4.67. The topological polar surface area (TPSA) is 49.7 Å². The lowest BCUT2D eigenvalue weighted by atomic mass is 9.64. The molecule has 1 aliphatic heterocycles. The summed E-state index contributed by atoms with van der Waals surface area (Å²) < 4.78 is 0. The van der Waals surface area contributed by atoms with Crippen molar-refractivity contribution >= 4 is 28.5 Å². The Labute approximate surface area is 199 Å². The Hall–Kier alpha value is -4.05. The monoisotopic (exact) mass is 446 g/mol. The number of hydrazone groups is 1. The van der Waals surface area contributed by atoms with E-state index in [2.05, 4.69) is 0 Å². The number of carbonyl (C=O) groups is 2.